The van der Waals surface area contributed by atoms with Gasteiger partial charge in [0.15, 0.2) is 0 Å². The second-order valence-electron chi connectivity index (χ2n) is 6.37. The van der Waals surface area contributed by atoms with Gasteiger partial charge in [-0.1, -0.05) is 77.6 Å². The summed E-state index contributed by atoms with van der Waals surface area (Å²) < 4.78 is 0. The van der Waals surface area contributed by atoms with Gasteiger partial charge in [0.05, 0.1) is 0 Å². The first-order valence-corrected chi connectivity index (χ1v) is 9.14. The van der Waals surface area contributed by atoms with Crippen molar-refractivity contribution in [1.82, 2.24) is 0 Å². The molecule has 21 heavy (non-hydrogen) atoms. The van der Waals surface area contributed by atoms with Gasteiger partial charge in [-0.3, -0.25) is 4.79 Å². The Bertz CT molecular complexity index is 231. The molecule has 0 saturated heterocycles. The van der Waals surface area contributed by atoms with Crippen molar-refractivity contribution in [3.63, 3.8) is 0 Å². The molecule has 0 heterocycles. The normalized spacial score (nSPS) is 12.5. The molecule has 0 bridgehead atoms. The molecule has 0 rings (SSSR count). The Morgan fingerprint density at radius 3 is 1.71 bits per heavy atom. The number of carboxylic acid groups (broad SMARTS) is 1. The molecule has 0 aromatic carbocycles. The van der Waals surface area contributed by atoms with Crippen LogP contribution in [-0.2, 0) is 4.79 Å². The monoisotopic (exact) mass is 299 g/mol. The van der Waals surface area contributed by atoms with Crippen LogP contribution in [0.2, 0.25) is 0 Å². The first-order chi connectivity index (χ1) is 10.2. The van der Waals surface area contributed by atoms with E-state index >= 15 is 0 Å². The van der Waals surface area contributed by atoms with E-state index in [2.05, 4.69) is 6.92 Å². The molecule has 0 aliphatic heterocycles. The molecule has 0 spiro atoms. The predicted octanol–water partition coefficient (Wildman–Crippen LogP) is 5.27. The summed E-state index contributed by atoms with van der Waals surface area (Å²) >= 11 is 0. The van der Waals surface area contributed by atoms with Gasteiger partial charge in [-0.15, -0.1) is 0 Å². The standard InChI is InChI=1S/C18H37NO2/c1-2-3-4-5-8-11-14-17(19)15-12-9-6-7-10-13-16-18(20)21/h17H,2-16,19H2,1H3,(H,20,21). The lowest BCUT2D eigenvalue weighted by Gasteiger charge is -2.11. The number of carboxylic acids is 1. The van der Waals surface area contributed by atoms with Crippen molar-refractivity contribution in [3.8, 4) is 0 Å². The first kappa shape index (κ1) is 20.4. The Morgan fingerprint density at radius 2 is 1.24 bits per heavy atom. The fourth-order valence-electron chi connectivity index (χ4n) is 2.72. The lowest BCUT2D eigenvalue weighted by Crippen LogP contribution is -2.19. The van der Waals surface area contributed by atoms with E-state index in [4.69, 9.17) is 10.8 Å². The molecule has 0 amide bonds. The summed E-state index contributed by atoms with van der Waals surface area (Å²) in [5, 5.41) is 8.53. The van der Waals surface area contributed by atoms with Crippen molar-refractivity contribution in [2.75, 3.05) is 0 Å². The van der Waals surface area contributed by atoms with Crippen LogP contribution in [0.4, 0.5) is 0 Å². The molecule has 0 aromatic rings. The molecule has 0 radical (unpaired) electrons. The van der Waals surface area contributed by atoms with Crippen LogP contribution in [0.1, 0.15) is 103 Å². The number of nitrogens with two attached hydrogens (primary N) is 1. The average Bonchev–Trinajstić information content (AvgIpc) is 2.45. The summed E-state index contributed by atoms with van der Waals surface area (Å²) in [6.45, 7) is 2.25. The molecular weight excluding hydrogens is 262 g/mol. The Labute approximate surface area is 131 Å². The van der Waals surface area contributed by atoms with E-state index in [0.717, 1.165) is 19.3 Å². The van der Waals surface area contributed by atoms with E-state index in [-0.39, 0.29) is 0 Å². The number of hydrogen-bond acceptors (Lipinski definition) is 2. The van der Waals surface area contributed by atoms with Crippen LogP contribution in [0.15, 0.2) is 0 Å². The molecule has 0 aliphatic carbocycles. The quantitative estimate of drug-likeness (QED) is 0.382. The highest BCUT2D eigenvalue weighted by Crippen LogP contribution is 2.13. The van der Waals surface area contributed by atoms with E-state index in [0.29, 0.717) is 12.5 Å². The summed E-state index contributed by atoms with van der Waals surface area (Å²) in [7, 11) is 0. The Morgan fingerprint density at radius 1 is 0.810 bits per heavy atom. The van der Waals surface area contributed by atoms with Crippen molar-refractivity contribution in [2.45, 2.75) is 109 Å². The second kappa shape index (κ2) is 15.8. The lowest BCUT2D eigenvalue weighted by atomic mass is 10.0. The Balaban J connectivity index is 3.15. The minimum Gasteiger partial charge on any atom is -0.481 e. The van der Waals surface area contributed by atoms with Crippen molar-refractivity contribution < 1.29 is 9.90 Å². The van der Waals surface area contributed by atoms with Gasteiger partial charge in [-0.25, -0.2) is 0 Å². The van der Waals surface area contributed by atoms with Gasteiger partial charge in [0.25, 0.3) is 0 Å². The maximum absolute atomic E-state index is 10.4. The van der Waals surface area contributed by atoms with Crippen molar-refractivity contribution in [1.29, 1.82) is 0 Å². The van der Waals surface area contributed by atoms with Gasteiger partial charge in [0.2, 0.25) is 0 Å². The van der Waals surface area contributed by atoms with E-state index < -0.39 is 5.97 Å². The molecule has 1 atom stereocenters. The summed E-state index contributed by atoms with van der Waals surface area (Å²) in [6.07, 6.45) is 17.5. The van der Waals surface area contributed by atoms with Gasteiger partial charge in [0.1, 0.15) is 0 Å². The van der Waals surface area contributed by atoms with Crippen molar-refractivity contribution >= 4 is 5.97 Å². The number of rotatable bonds is 16. The van der Waals surface area contributed by atoms with E-state index in [1.807, 2.05) is 0 Å². The zero-order chi connectivity index (χ0) is 15.8. The highest BCUT2D eigenvalue weighted by atomic mass is 16.4. The van der Waals surface area contributed by atoms with Crippen LogP contribution in [0.25, 0.3) is 0 Å². The number of hydrogen-bond donors (Lipinski definition) is 2. The summed E-state index contributed by atoms with van der Waals surface area (Å²) in [4.78, 5) is 10.4. The van der Waals surface area contributed by atoms with Gasteiger partial charge in [-0.2, -0.15) is 0 Å². The van der Waals surface area contributed by atoms with Gasteiger partial charge in [0, 0.05) is 12.5 Å². The van der Waals surface area contributed by atoms with Crippen LogP contribution < -0.4 is 5.73 Å². The van der Waals surface area contributed by atoms with E-state index in [1.54, 1.807) is 0 Å². The molecule has 0 saturated carbocycles. The lowest BCUT2D eigenvalue weighted by molar-refractivity contribution is -0.137. The highest BCUT2D eigenvalue weighted by Gasteiger charge is 2.02. The fourth-order valence-corrected chi connectivity index (χ4v) is 2.72. The molecular formula is C18H37NO2. The van der Waals surface area contributed by atoms with Crippen molar-refractivity contribution in [3.05, 3.63) is 0 Å². The number of carbonyl (C=O) groups is 1. The maximum atomic E-state index is 10.4. The summed E-state index contributed by atoms with van der Waals surface area (Å²) in [6, 6.07) is 0.392. The molecule has 0 aromatic heterocycles. The molecule has 126 valence electrons. The first-order valence-electron chi connectivity index (χ1n) is 9.14. The van der Waals surface area contributed by atoms with Gasteiger partial charge < -0.3 is 10.8 Å². The third-order valence-electron chi connectivity index (χ3n) is 4.14. The highest BCUT2D eigenvalue weighted by molar-refractivity contribution is 5.66. The third-order valence-corrected chi connectivity index (χ3v) is 4.14. The van der Waals surface area contributed by atoms with Crippen LogP contribution >= 0.6 is 0 Å². The topological polar surface area (TPSA) is 63.3 Å². The minimum atomic E-state index is -0.671. The molecule has 3 nitrogen and oxygen atoms in total. The second-order valence-corrected chi connectivity index (χ2v) is 6.37. The largest absolute Gasteiger partial charge is 0.481 e. The third kappa shape index (κ3) is 17.4. The molecule has 3 heteroatoms. The van der Waals surface area contributed by atoms with Crippen molar-refractivity contribution in [2.24, 2.45) is 5.73 Å². The number of aliphatic carboxylic acids is 1. The minimum absolute atomic E-state index is 0.323. The van der Waals surface area contributed by atoms with Gasteiger partial charge in [-0.05, 0) is 19.3 Å². The average molecular weight is 299 g/mol. The zero-order valence-electron chi connectivity index (χ0n) is 14.1. The fraction of sp³-hybridized carbons (Fsp3) is 0.944. The Kier molecular flexibility index (Phi) is 15.4. The molecule has 0 aliphatic rings. The Hall–Kier alpha value is -0.570. The predicted molar refractivity (Wildman–Crippen MR) is 90.5 cm³/mol. The van der Waals surface area contributed by atoms with Crippen LogP contribution in [0.3, 0.4) is 0 Å². The molecule has 3 N–H and O–H groups in total. The van der Waals surface area contributed by atoms with Gasteiger partial charge >= 0.3 is 5.97 Å². The van der Waals surface area contributed by atoms with E-state index in [9.17, 15) is 4.79 Å². The summed E-state index contributed by atoms with van der Waals surface area (Å²) in [5.74, 6) is -0.671. The zero-order valence-corrected chi connectivity index (χ0v) is 14.1. The van der Waals surface area contributed by atoms with Crippen LogP contribution in [-0.4, -0.2) is 17.1 Å². The van der Waals surface area contributed by atoms with Crippen LogP contribution in [0, 0.1) is 0 Å². The maximum Gasteiger partial charge on any atom is 0.303 e. The molecule has 0 fully saturated rings. The number of unbranched alkanes of at least 4 members (excludes halogenated alkanes) is 10. The van der Waals surface area contributed by atoms with Crippen LogP contribution in [0.5, 0.6) is 0 Å². The summed E-state index contributed by atoms with van der Waals surface area (Å²) in [5.41, 5.74) is 6.15. The smallest absolute Gasteiger partial charge is 0.303 e. The molecule has 1 unspecified atom stereocenters. The van der Waals surface area contributed by atoms with E-state index in [1.165, 1.54) is 70.6 Å². The SMILES string of the molecule is CCCCCCCCC(N)CCCCCCCCC(=O)O.